The molecule has 142 valence electrons. The van der Waals surface area contributed by atoms with Crippen molar-refractivity contribution in [3.63, 3.8) is 0 Å². The van der Waals surface area contributed by atoms with E-state index >= 15 is 0 Å². The van der Waals surface area contributed by atoms with Crippen molar-refractivity contribution in [2.45, 2.75) is 6.61 Å². The van der Waals surface area contributed by atoms with Gasteiger partial charge < -0.3 is 9.30 Å². The Bertz CT molecular complexity index is 1950. The fraction of sp³-hybridized carbons (Fsp3) is 0.0385. The van der Waals surface area contributed by atoms with E-state index in [0.717, 1.165) is 11.3 Å². The largest absolute Gasteiger partial charge is 0.459 e. The Morgan fingerprint density at radius 2 is 1.53 bits per heavy atom. The van der Waals surface area contributed by atoms with Crippen LogP contribution in [0.2, 0.25) is 0 Å². The van der Waals surface area contributed by atoms with Crippen LogP contribution in [-0.4, -0.2) is 14.1 Å². The monoisotopic (exact) mass is 395 g/mol. The first-order chi connectivity index (χ1) is 18.2. The molecule has 1 aliphatic heterocycles. The van der Waals surface area contributed by atoms with E-state index in [-0.39, 0.29) is 46.0 Å². The van der Waals surface area contributed by atoms with Crippen LogP contribution < -0.4 is 4.74 Å². The van der Waals surface area contributed by atoms with Crippen molar-refractivity contribution in [2.75, 3.05) is 0 Å². The summed E-state index contributed by atoms with van der Waals surface area (Å²) in [4.78, 5) is 4.60. The average molecular weight is 395 g/mol. The van der Waals surface area contributed by atoms with Crippen LogP contribution in [-0.2, 0) is 6.61 Å². The van der Waals surface area contributed by atoms with E-state index < -0.39 is 24.2 Å². The van der Waals surface area contributed by atoms with Crippen molar-refractivity contribution in [2.24, 2.45) is 0 Å². The summed E-state index contributed by atoms with van der Waals surface area (Å²) in [6.07, 6.45) is 0. The third kappa shape index (κ3) is 2.02. The molecule has 2 aromatic heterocycles. The summed E-state index contributed by atoms with van der Waals surface area (Å²) in [5.74, 6) is 0. The second-order valence-corrected chi connectivity index (χ2v) is 7.10. The summed E-state index contributed by atoms with van der Waals surface area (Å²) in [5.41, 5.74) is 3.81. The molecule has 0 aliphatic carbocycles. The molecule has 6 aromatic rings. The molecule has 0 radical (unpaired) electrons. The zero-order chi connectivity index (χ0) is 26.6. The highest BCUT2D eigenvalue weighted by atomic mass is 16.5. The predicted molar refractivity (Wildman–Crippen MR) is 120 cm³/mol. The zero-order valence-electron chi connectivity index (χ0n) is 23.5. The lowest BCUT2D eigenvalue weighted by Gasteiger charge is -2.19. The highest BCUT2D eigenvalue weighted by molar-refractivity contribution is 6.09. The molecule has 0 fully saturated rings. The van der Waals surface area contributed by atoms with Crippen LogP contribution in [0.4, 0.5) is 0 Å². The highest BCUT2D eigenvalue weighted by Crippen LogP contribution is 2.36. The van der Waals surface area contributed by atoms with Gasteiger partial charge in [0.1, 0.15) is 6.61 Å². The molecule has 1 aliphatic rings. The van der Waals surface area contributed by atoms with Gasteiger partial charge in [0, 0.05) is 22.0 Å². The number of fused-ring (bicyclic) bond motifs is 8. The molecule has 0 atom stereocenters. The van der Waals surface area contributed by atoms with Gasteiger partial charge >= 0.3 is 6.01 Å². The lowest BCUT2D eigenvalue weighted by Crippen LogP contribution is -2.12. The van der Waals surface area contributed by atoms with Crippen LogP contribution >= 0.6 is 0 Å². The fourth-order valence-electron chi connectivity index (χ4n) is 4.18. The fourth-order valence-corrected chi connectivity index (χ4v) is 4.18. The maximum absolute atomic E-state index is 8.71. The first-order valence-corrected chi connectivity index (χ1v) is 9.45. The third-order valence-electron chi connectivity index (χ3n) is 5.49. The van der Waals surface area contributed by atoms with Gasteiger partial charge in [-0.3, -0.25) is 4.57 Å². The Kier molecular flexibility index (Phi) is 1.94. The first kappa shape index (κ1) is 10.1. The summed E-state index contributed by atoms with van der Waals surface area (Å²) < 4.78 is 76.9. The number of imidazole rings is 1. The maximum atomic E-state index is 8.71. The normalized spacial score (nSPS) is 16.5. The Morgan fingerprint density at radius 1 is 0.800 bits per heavy atom. The lowest BCUT2D eigenvalue weighted by molar-refractivity contribution is 0.265. The molecule has 7 rings (SSSR count). The molecule has 0 unspecified atom stereocenters. The molecule has 0 spiro atoms. The average Bonchev–Trinajstić information content (AvgIpc) is 3.49. The van der Waals surface area contributed by atoms with E-state index in [9.17, 15) is 0 Å². The van der Waals surface area contributed by atoms with E-state index in [4.69, 9.17) is 15.7 Å². The number of rotatable bonds is 1. The van der Waals surface area contributed by atoms with Gasteiger partial charge in [-0.1, -0.05) is 54.5 Å². The summed E-state index contributed by atoms with van der Waals surface area (Å²) in [5, 5.41) is 0.0872. The van der Waals surface area contributed by atoms with E-state index in [0.29, 0.717) is 29.3 Å². The van der Waals surface area contributed by atoms with Crippen molar-refractivity contribution in [1.82, 2.24) is 14.1 Å². The van der Waals surface area contributed by atoms with Crippen LogP contribution in [0.1, 0.15) is 16.5 Å². The molecule has 4 heteroatoms. The summed E-state index contributed by atoms with van der Waals surface area (Å²) >= 11 is 0. The molecule has 0 saturated carbocycles. The summed E-state index contributed by atoms with van der Waals surface area (Å²) in [6, 6.07) is 10.2. The molecular formula is C26H17N3O. The van der Waals surface area contributed by atoms with Crippen LogP contribution in [0.5, 0.6) is 6.01 Å². The van der Waals surface area contributed by atoms with E-state index in [1.165, 1.54) is 4.57 Å². The minimum Gasteiger partial charge on any atom is -0.459 e. The Balaban J connectivity index is 1.67. The van der Waals surface area contributed by atoms with Gasteiger partial charge in [0.25, 0.3) is 0 Å². The molecule has 4 aromatic carbocycles. The first-order valence-electron chi connectivity index (χ1n) is 13.5. The maximum Gasteiger partial charge on any atom is 0.302 e. The van der Waals surface area contributed by atoms with Crippen molar-refractivity contribution < 1.29 is 15.7 Å². The smallest absolute Gasteiger partial charge is 0.302 e. The van der Waals surface area contributed by atoms with Crippen molar-refractivity contribution in [1.29, 1.82) is 0 Å². The van der Waals surface area contributed by atoms with Gasteiger partial charge in [-0.15, -0.1) is 0 Å². The van der Waals surface area contributed by atoms with Gasteiger partial charge in [-0.05, 0) is 36.4 Å². The number of para-hydroxylation sites is 3. The van der Waals surface area contributed by atoms with Crippen LogP contribution in [0, 0.1) is 0 Å². The number of hydrogen-bond acceptors (Lipinski definition) is 2. The van der Waals surface area contributed by atoms with E-state index in [1.54, 1.807) is 18.2 Å². The Hall–Kier alpha value is -4.05. The van der Waals surface area contributed by atoms with Gasteiger partial charge in [-0.2, -0.15) is 4.98 Å². The quantitative estimate of drug-likeness (QED) is 0.341. The van der Waals surface area contributed by atoms with Crippen molar-refractivity contribution in [3.05, 3.63) is 96.4 Å². The number of hydrogen-bond donors (Lipinski definition) is 0. The second kappa shape index (κ2) is 5.74. The zero-order valence-corrected chi connectivity index (χ0v) is 15.5. The second-order valence-electron chi connectivity index (χ2n) is 7.10. The number of ether oxygens (including phenoxy) is 1. The van der Waals surface area contributed by atoms with Gasteiger partial charge in [-0.25, -0.2) is 0 Å². The minimum absolute atomic E-state index is 0.0436. The number of aromatic nitrogens is 3. The molecule has 4 nitrogen and oxygen atoms in total. The van der Waals surface area contributed by atoms with Gasteiger partial charge in [0.15, 0.2) is 0 Å². The minimum atomic E-state index is -0.469. The molecule has 0 amide bonds. The third-order valence-corrected chi connectivity index (χ3v) is 5.49. The molecule has 30 heavy (non-hydrogen) atoms. The lowest BCUT2D eigenvalue weighted by atomic mass is 10.1. The van der Waals surface area contributed by atoms with Gasteiger partial charge in [0.05, 0.1) is 38.7 Å². The van der Waals surface area contributed by atoms with Crippen molar-refractivity contribution >= 4 is 32.8 Å². The predicted octanol–water partition coefficient (Wildman–Crippen LogP) is 6.02. The van der Waals surface area contributed by atoms with Crippen LogP contribution in [0.25, 0.3) is 44.2 Å². The van der Waals surface area contributed by atoms with Gasteiger partial charge in [0.2, 0.25) is 0 Å². The van der Waals surface area contributed by atoms with E-state index in [1.807, 2.05) is 28.8 Å². The molecular weight excluding hydrogens is 370 g/mol. The standard InChI is InChI=1S/C26H17N3O/c1-4-10-22-17(7-1)16-30-26-27-21-14-13-18(15-25(21)29(22)26)28-23-11-5-2-8-19(23)20-9-3-6-12-24(20)28/h1-15H,16H2/i2D,3D,5D,6D,8D,9D,11D,12D. The molecule has 0 saturated heterocycles. The topological polar surface area (TPSA) is 32.0 Å². The SMILES string of the molecule is [2H]c1c([2H])c([2H])c2c(c1[2H])c1c([2H])c([2H])c([2H])c([2H])c1n2-c1ccc2nc3n(c2c1)-c1ccccc1CO3. The highest BCUT2D eigenvalue weighted by Gasteiger charge is 2.22. The molecule has 0 bridgehead atoms. The summed E-state index contributed by atoms with van der Waals surface area (Å²) in [6.45, 7) is 0.381. The molecule has 3 heterocycles. The summed E-state index contributed by atoms with van der Waals surface area (Å²) in [7, 11) is 0. The number of nitrogens with zero attached hydrogens (tertiary/aromatic N) is 3. The number of benzene rings is 4. The van der Waals surface area contributed by atoms with Crippen LogP contribution in [0.3, 0.4) is 0 Å². The Labute approximate surface area is 183 Å². The van der Waals surface area contributed by atoms with Crippen LogP contribution in [0.15, 0.2) is 90.8 Å². The molecule has 0 N–H and O–H groups in total. The van der Waals surface area contributed by atoms with Crippen molar-refractivity contribution in [3.8, 4) is 17.4 Å². The Morgan fingerprint density at radius 3 is 2.33 bits per heavy atom. The van der Waals surface area contributed by atoms with E-state index in [2.05, 4.69) is 4.98 Å².